The van der Waals surface area contributed by atoms with Crippen LogP contribution in [-0.4, -0.2) is 45.9 Å². The van der Waals surface area contributed by atoms with Gasteiger partial charge in [-0.05, 0) is 26.8 Å². The number of aromatic nitrogens is 2. The summed E-state index contributed by atoms with van der Waals surface area (Å²) in [5.41, 5.74) is -0.266. The van der Waals surface area contributed by atoms with Crippen LogP contribution >= 0.6 is 0 Å². The van der Waals surface area contributed by atoms with Crippen LogP contribution in [0.3, 0.4) is 0 Å². The first-order chi connectivity index (χ1) is 8.99. The maximum atomic E-state index is 12.4. The molecule has 1 aromatic rings. The molecular formula is C13H19N3O3. The average molecular weight is 265 g/mol. The van der Waals surface area contributed by atoms with Gasteiger partial charge in [0.15, 0.2) is 0 Å². The maximum absolute atomic E-state index is 12.4. The number of nitrogens with zero attached hydrogens (tertiary/aromatic N) is 3. The minimum absolute atomic E-state index is 0.0142. The van der Waals surface area contributed by atoms with Crippen molar-refractivity contribution in [2.45, 2.75) is 39.0 Å². The predicted octanol–water partition coefficient (Wildman–Crippen LogP) is 0.440. The van der Waals surface area contributed by atoms with Crippen molar-refractivity contribution in [2.75, 3.05) is 13.1 Å². The molecule has 0 N–H and O–H groups in total. The van der Waals surface area contributed by atoms with Gasteiger partial charge in [-0.25, -0.2) is 4.68 Å². The van der Waals surface area contributed by atoms with Gasteiger partial charge >= 0.3 is 0 Å². The Morgan fingerprint density at radius 2 is 2.05 bits per heavy atom. The highest BCUT2D eigenvalue weighted by molar-refractivity contribution is 5.80. The first-order valence-electron chi connectivity index (χ1n) is 6.47. The van der Waals surface area contributed by atoms with Crippen molar-refractivity contribution in [3.05, 3.63) is 28.7 Å². The second-order valence-electron chi connectivity index (χ2n) is 4.98. The predicted molar refractivity (Wildman–Crippen MR) is 69.8 cm³/mol. The number of amides is 1. The molecule has 0 radical (unpaired) electrons. The van der Waals surface area contributed by atoms with E-state index in [2.05, 4.69) is 5.10 Å². The molecule has 1 aromatic heterocycles. The zero-order valence-electron chi connectivity index (χ0n) is 11.4. The van der Waals surface area contributed by atoms with E-state index in [1.165, 1.54) is 16.9 Å². The molecule has 6 heteroatoms. The van der Waals surface area contributed by atoms with E-state index < -0.39 is 6.04 Å². The van der Waals surface area contributed by atoms with Crippen LogP contribution in [0, 0.1) is 0 Å². The third-order valence-corrected chi connectivity index (χ3v) is 3.20. The number of carbonyl (C=O) groups excluding carboxylic acids is 1. The van der Waals surface area contributed by atoms with Crippen molar-refractivity contribution in [1.82, 2.24) is 14.7 Å². The van der Waals surface area contributed by atoms with E-state index in [1.807, 2.05) is 13.8 Å². The molecular weight excluding hydrogens is 246 g/mol. The van der Waals surface area contributed by atoms with Gasteiger partial charge in [0.25, 0.3) is 5.56 Å². The monoisotopic (exact) mass is 265 g/mol. The van der Waals surface area contributed by atoms with Gasteiger partial charge < -0.3 is 9.64 Å². The third kappa shape index (κ3) is 3.01. The molecule has 1 fully saturated rings. The molecule has 0 bridgehead atoms. The fourth-order valence-corrected chi connectivity index (χ4v) is 2.39. The summed E-state index contributed by atoms with van der Waals surface area (Å²) in [4.78, 5) is 25.8. The van der Waals surface area contributed by atoms with E-state index in [9.17, 15) is 9.59 Å². The fraction of sp³-hybridized carbons (Fsp3) is 0.615. The van der Waals surface area contributed by atoms with Gasteiger partial charge in [-0.15, -0.1) is 0 Å². The molecule has 6 nitrogen and oxygen atoms in total. The van der Waals surface area contributed by atoms with Crippen LogP contribution in [-0.2, 0) is 9.53 Å². The highest BCUT2D eigenvalue weighted by atomic mass is 16.5. The first kappa shape index (κ1) is 13.7. The van der Waals surface area contributed by atoms with E-state index in [-0.39, 0.29) is 23.7 Å². The molecule has 1 saturated heterocycles. The third-order valence-electron chi connectivity index (χ3n) is 3.20. The number of hydrogen-bond donors (Lipinski definition) is 0. The van der Waals surface area contributed by atoms with Crippen LogP contribution in [0.4, 0.5) is 0 Å². The molecule has 104 valence electrons. The van der Waals surface area contributed by atoms with E-state index >= 15 is 0 Å². The van der Waals surface area contributed by atoms with Crippen LogP contribution in [0.5, 0.6) is 0 Å². The molecule has 2 rings (SSSR count). The zero-order valence-corrected chi connectivity index (χ0v) is 11.4. The summed E-state index contributed by atoms with van der Waals surface area (Å²) < 4.78 is 6.81. The lowest BCUT2D eigenvalue weighted by Gasteiger charge is -2.36. The van der Waals surface area contributed by atoms with Crippen molar-refractivity contribution in [3.63, 3.8) is 0 Å². The van der Waals surface area contributed by atoms with Gasteiger partial charge in [0.1, 0.15) is 6.04 Å². The highest BCUT2D eigenvalue weighted by Crippen LogP contribution is 2.14. The van der Waals surface area contributed by atoms with Gasteiger partial charge in [-0.3, -0.25) is 9.59 Å². The molecule has 0 spiro atoms. The first-order valence-corrected chi connectivity index (χ1v) is 6.47. The van der Waals surface area contributed by atoms with Crippen LogP contribution in [0.2, 0.25) is 0 Å². The summed E-state index contributed by atoms with van der Waals surface area (Å²) in [7, 11) is 0. The Bertz CT molecular complexity index is 504. The molecule has 3 unspecified atom stereocenters. The molecule has 3 atom stereocenters. The van der Waals surface area contributed by atoms with Gasteiger partial charge in [-0.2, -0.15) is 5.10 Å². The Hall–Kier alpha value is -1.69. The van der Waals surface area contributed by atoms with Crippen molar-refractivity contribution >= 4 is 5.91 Å². The Balaban J connectivity index is 2.15. The lowest BCUT2D eigenvalue weighted by Crippen LogP contribution is -2.50. The van der Waals surface area contributed by atoms with Crippen LogP contribution in [0.25, 0.3) is 0 Å². The standard InChI is InChI=1S/C13H19N3O3/c1-9-7-15(8-10(2)19-9)13(18)11(3)16-12(17)5-4-6-14-16/h4-6,9-11H,7-8H2,1-3H3. The molecule has 2 heterocycles. The summed E-state index contributed by atoms with van der Waals surface area (Å²) in [6, 6.07) is 2.38. The van der Waals surface area contributed by atoms with Crippen molar-refractivity contribution in [3.8, 4) is 0 Å². The Kier molecular flexibility index (Phi) is 3.99. The van der Waals surface area contributed by atoms with Gasteiger partial charge in [0.05, 0.1) is 12.2 Å². The number of carbonyl (C=O) groups is 1. The largest absolute Gasteiger partial charge is 0.372 e. The maximum Gasteiger partial charge on any atom is 0.267 e. The van der Waals surface area contributed by atoms with Crippen molar-refractivity contribution in [1.29, 1.82) is 0 Å². The Morgan fingerprint density at radius 3 is 2.63 bits per heavy atom. The van der Waals surface area contributed by atoms with Crippen LogP contribution < -0.4 is 5.56 Å². The van der Waals surface area contributed by atoms with Gasteiger partial charge in [-0.1, -0.05) is 0 Å². The molecule has 0 aliphatic carbocycles. The minimum atomic E-state index is -0.591. The molecule has 1 aliphatic rings. The van der Waals surface area contributed by atoms with Gasteiger partial charge in [0, 0.05) is 25.4 Å². The van der Waals surface area contributed by atoms with Crippen molar-refractivity contribution < 1.29 is 9.53 Å². The SMILES string of the molecule is CC1CN(C(=O)C(C)n2ncccc2=O)CC(C)O1. The van der Waals surface area contributed by atoms with E-state index in [0.29, 0.717) is 13.1 Å². The van der Waals surface area contributed by atoms with E-state index in [0.717, 1.165) is 0 Å². The summed E-state index contributed by atoms with van der Waals surface area (Å²) in [6.07, 6.45) is 1.54. The van der Waals surface area contributed by atoms with Crippen LogP contribution in [0.15, 0.2) is 23.1 Å². The molecule has 19 heavy (non-hydrogen) atoms. The number of hydrogen-bond acceptors (Lipinski definition) is 4. The summed E-state index contributed by atoms with van der Waals surface area (Å²) in [5.74, 6) is -0.0946. The Labute approximate surface area is 112 Å². The summed E-state index contributed by atoms with van der Waals surface area (Å²) in [5, 5.41) is 3.96. The van der Waals surface area contributed by atoms with E-state index in [1.54, 1.807) is 17.9 Å². The smallest absolute Gasteiger partial charge is 0.267 e. The molecule has 1 amide bonds. The number of rotatable bonds is 2. The zero-order chi connectivity index (χ0) is 14.0. The minimum Gasteiger partial charge on any atom is -0.372 e. The lowest BCUT2D eigenvalue weighted by molar-refractivity contribution is -0.146. The van der Waals surface area contributed by atoms with Crippen molar-refractivity contribution in [2.24, 2.45) is 0 Å². The molecule has 0 aromatic carbocycles. The molecule has 1 aliphatic heterocycles. The van der Waals surface area contributed by atoms with Crippen LogP contribution in [0.1, 0.15) is 26.8 Å². The highest BCUT2D eigenvalue weighted by Gasteiger charge is 2.29. The van der Waals surface area contributed by atoms with Gasteiger partial charge in [0.2, 0.25) is 5.91 Å². The second-order valence-corrected chi connectivity index (χ2v) is 4.98. The summed E-state index contributed by atoms with van der Waals surface area (Å²) >= 11 is 0. The number of ether oxygens (including phenoxy) is 1. The number of morpholine rings is 1. The quantitative estimate of drug-likeness (QED) is 0.778. The second kappa shape index (κ2) is 5.52. The Morgan fingerprint density at radius 1 is 1.42 bits per heavy atom. The fourth-order valence-electron chi connectivity index (χ4n) is 2.39. The van der Waals surface area contributed by atoms with E-state index in [4.69, 9.17) is 4.74 Å². The topological polar surface area (TPSA) is 64.4 Å². The summed E-state index contributed by atoms with van der Waals surface area (Å²) in [6.45, 7) is 6.67. The lowest BCUT2D eigenvalue weighted by atomic mass is 10.2. The normalized spacial score (nSPS) is 25.1. The average Bonchev–Trinajstić information content (AvgIpc) is 2.36. The molecule has 0 saturated carbocycles.